The Morgan fingerprint density at radius 1 is 1.56 bits per heavy atom. The van der Waals surface area contributed by atoms with Crippen molar-refractivity contribution in [1.29, 1.82) is 0 Å². The lowest BCUT2D eigenvalue weighted by atomic mass is 9.77. The minimum Gasteiger partial charge on any atom is -0.477 e. The minimum atomic E-state index is -1.02. The summed E-state index contributed by atoms with van der Waals surface area (Å²) in [6, 6.07) is -0.133. The fourth-order valence-electron chi connectivity index (χ4n) is 3.33. The molecule has 0 bridgehead atoms. The number of amides is 1. The van der Waals surface area contributed by atoms with Gasteiger partial charge in [-0.2, -0.15) is 0 Å². The van der Waals surface area contributed by atoms with E-state index < -0.39 is 18.0 Å². The van der Waals surface area contributed by atoms with Gasteiger partial charge in [-0.05, 0) is 25.5 Å². The predicted octanol–water partition coefficient (Wildman–Crippen LogP) is 0.647. The molecule has 0 unspecified atom stereocenters. The van der Waals surface area contributed by atoms with E-state index in [1.54, 1.807) is 18.7 Å². The van der Waals surface area contributed by atoms with Crippen molar-refractivity contribution in [2.24, 2.45) is 11.8 Å². The van der Waals surface area contributed by atoms with Gasteiger partial charge in [0.25, 0.3) is 0 Å². The lowest BCUT2D eigenvalue weighted by Crippen LogP contribution is -2.63. The largest absolute Gasteiger partial charge is 0.477 e. The first-order chi connectivity index (χ1) is 8.54. The Hall–Kier alpha value is -1.01. The summed E-state index contributed by atoms with van der Waals surface area (Å²) in [6.45, 7) is 1.61. The first-order valence-electron chi connectivity index (χ1n) is 6.15. The number of carboxylic acids is 1. The van der Waals surface area contributed by atoms with Crippen molar-refractivity contribution in [3.63, 3.8) is 0 Å². The third-order valence-corrected chi connectivity index (χ3v) is 5.35. The maximum atomic E-state index is 12.0. The average molecular weight is 269 g/mol. The molecule has 5 nitrogen and oxygen atoms in total. The molecule has 3 heterocycles. The number of carbonyl (C=O) groups excluding carboxylic acids is 1. The Morgan fingerprint density at radius 2 is 2.28 bits per heavy atom. The molecular weight excluding hydrogens is 254 g/mol. The summed E-state index contributed by atoms with van der Waals surface area (Å²) in [7, 11) is 0. The SMILES string of the molecule is C[C@@H](O)[C@H]1C(=O)N2C(C(=O)O)=C3SCCC[C@H]3[C@H]12. The molecule has 98 valence electrons. The van der Waals surface area contributed by atoms with Gasteiger partial charge in [0.2, 0.25) is 5.91 Å². The van der Waals surface area contributed by atoms with E-state index in [1.807, 2.05) is 0 Å². The van der Waals surface area contributed by atoms with Crippen molar-refractivity contribution >= 4 is 23.6 Å². The van der Waals surface area contributed by atoms with Gasteiger partial charge in [0.05, 0.1) is 18.1 Å². The summed E-state index contributed by atoms with van der Waals surface area (Å²) >= 11 is 1.56. The predicted molar refractivity (Wildman–Crippen MR) is 65.6 cm³/mol. The van der Waals surface area contributed by atoms with E-state index in [-0.39, 0.29) is 23.6 Å². The molecule has 2 saturated heterocycles. The topological polar surface area (TPSA) is 77.8 Å². The molecule has 4 atom stereocenters. The molecule has 2 N–H and O–H groups in total. The maximum absolute atomic E-state index is 12.0. The number of hydrogen-bond donors (Lipinski definition) is 2. The normalized spacial score (nSPS) is 36.0. The number of carbonyl (C=O) groups is 2. The second-order valence-electron chi connectivity index (χ2n) is 5.08. The van der Waals surface area contributed by atoms with Crippen LogP contribution in [0.25, 0.3) is 0 Å². The number of β-lactam (4-membered cyclic amide) rings is 1. The van der Waals surface area contributed by atoms with Crippen LogP contribution in [-0.2, 0) is 9.59 Å². The van der Waals surface area contributed by atoms with Crippen LogP contribution in [0.2, 0.25) is 0 Å². The van der Waals surface area contributed by atoms with Gasteiger partial charge in [-0.25, -0.2) is 4.79 Å². The summed E-state index contributed by atoms with van der Waals surface area (Å²) in [5.74, 6) is -0.664. The number of aliphatic hydroxyl groups excluding tert-OH is 1. The van der Waals surface area contributed by atoms with E-state index in [0.717, 1.165) is 23.5 Å². The van der Waals surface area contributed by atoms with Crippen molar-refractivity contribution in [1.82, 2.24) is 4.90 Å². The highest BCUT2D eigenvalue weighted by atomic mass is 32.2. The summed E-state index contributed by atoms with van der Waals surface area (Å²) in [5, 5.41) is 19.0. The molecule has 1 amide bonds. The van der Waals surface area contributed by atoms with Gasteiger partial charge >= 0.3 is 5.97 Å². The van der Waals surface area contributed by atoms with Gasteiger partial charge in [0.15, 0.2) is 0 Å². The van der Waals surface area contributed by atoms with Gasteiger partial charge in [0, 0.05) is 10.8 Å². The van der Waals surface area contributed by atoms with Gasteiger partial charge < -0.3 is 15.1 Å². The van der Waals surface area contributed by atoms with Crippen molar-refractivity contribution in [2.75, 3.05) is 5.75 Å². The van der Waals surface area contributed by atoms with Gasteiger partial charge in [0.1, 0.15) is 5.70 Å². The van der Waals surface area contributed by atoms with Crippen molar-refractivity contribution in [3.8, 4) is 0 Å². The molecule has 0 spiro atoms. The van der Waals surface area contributed by atoms with Gasteiger partial charge in [-0.15, -0.1) is 11.8 Å². The summed E-state index contributed by atoms with van der Waals surface area (Å²) in [6.07, 6.45) is 1.24. The lowest BCUT2D eigenvalue weighted by Gasteiger charge is -2.47. The molecule has 18 heavy (non-hydrogen) atoms. The number of carboxylic acid groups (broad SMARTS) is 1. The maximum Gasteiger partial charge on any atom is 0.353 e. The number of thioether (sulfide) groups is 1. The molecule has 0 radical (unpaired) electrons. The summed E-state index contributed by atoms with van der Waals surface area (Å²) < 4.78 is 0. The highest BCUT2D eigenvalue weighted by molar-refractivity contribution is 8.03. The monoisotopic (exact) mass is 269 g/mol. The van der Waals surface area contributed by atoms with Gasteiger partial charge in [-0.3, -0.25) is 4.79 Å². The Bertz CT molecular complexity index is 459. The van der Waals surface area contributed by atoms with Crippen molar-refractivity contribution < 1.29 is 19.8 Å². The van der Waals surface area contributed by atoms with Gasteiger partial charge in [-0.1, -0.05) is 0 Å². The van der Waals surface area contributed by atoms with Crippen molar-refractivity contribution in [2.45, 2.75) is 31.9 Å². The van der Waals surface area contributed by atoms with E-state index >= 15 is 0 Å². The second-order valence-corrected chi connectivity index (χ2v) is 6.22. The zero-order valence-electron chi connectivity index (χ0n) is 10.00. The zero-order valence-corrected chi connectivity index (χ0v) is 10.8. The van der Waals surface area contributed by atoms with Crippen LogP contribution >= 0.6 is 11.8 Å². The standard InChI is InChI=1S/C12H15NO4S/c1-5(14)7-8-6-3-2-4-18-10(6)9(12(16)17)13(8)11(7)15/h5-8,14H,2-4H2,1H3,(H,16,17)/t5-,6+,7-,8-/m1/s1. The number of hydrogen-bond acceptors (Lipinski definition) is 4. The Balaban J connectivity index is 2.00. The van der Waals surface area contributed by atoms with Crippen LogP contribution in [0.5, 0.6) is 0 Å². The van der Waals surface area contributed by atoms with Crippen LogP contribution in [0, 0.1) is 11.8 Å². The molecule has 6 heteroatoms. The minimum absolute atomic E-state index is 0.118. The van der Waals surface area contributed by atoms with E-state index in [9.17, 15) is 19.8 Å². The molecule has 0 saturated carbocycles. The molecular formula is C12H15NO4S. The fraction of sp³-hybridized carbons (Fsp3) is 0.667. The highest BCUT2D eigenvalue weighted by Gasteiger charge is 2.61. The van der Waals surface area contributed by atoms with Crippen molar-refractivity contribution in [3.05, 3.63) is 10.6 Å². The summed E-state index contributed by atoms with van der Waals surface area (Å²) in [4.78, 5) is 25.6. The third-order valence-electron chi connectivity index (χ3n) is 4.05. The first-order valence-corrected chi connectivity index (χ1v) is 7.14. The quantitative estimate of drug-likeness (QED) is 0.720. The molecule has 0 aromatic carbocycles. The second kappa shape index (κ2) is 3.99. The number of nitrogens with zero attached hydrogens (tertiary/aromatic N) is 1. The average Bonchev–Trinajstić information content (AvgIpc) is 2.60. The Morgan fingerprint density at radius 3 is 2.89 bits per heavy atom. The molecule has 0 aromatic heterocycles. The molecule has 0 aromatic rings. The van der Waals surface area contributed by atoms with E-state index in [4.69, 9.17) is 0 Å². The van der Waals surface area contributed by atoms with Crippen LogP contribution in [0.1, 0.15) is 19.8 Å². The van der Waals surface area contributed by atoms with Crippen LogP contribution in [0.3, 0.4) is 0 Å². The van der Waals surface area contributed by atoms with Crippen LogP contribution in [0.15, 0.2) is 10.6 Å². The van der Waals surface area contributed by atoms with Crippen LogP contribution in [0.4, 0.5) is 0 Å². The molecule has 2 fully saturated rings. The summed E-state index contributed by atoms with van der Waals surface area (Å²) in [5.41, 5.74) is 0.164. The molecule has 3 aliphatic rings. The van der Waals surface area contributed by atoms with Crippen LogP contribution < -0.4 is 0 Å². The number of fused-ring (bicyclic) bond motifs is 3. The first kappa shape index (κ1) is 12.0. The highest BCUT2D eigenvalue weighted by Crippen LogP contribution is 2.54. The Kier molecular flexibility index (Phi) is 2.67. The number of aliphatic carboxylic acids is 1. The smallest absolute Gasteiger partial charge is 0.353 e. The molecule has 3 aliphatic heterocycles. The zero-order chi connectivity index (χ0) is 13.0. The third kappa shape index (κ3) is 1.39. The van der Waals surface area contributed by atoms with E-state index in [0.29, 0.717) is 0 Å². The number of rotatable bonds is 2. The fourth-order valence-corrected chi connectivity index (χ4v) is 4.66. The number of aliphatic hydroxyl groups is 1. The van der Waals surface area contributed by atoms with E-state index in [1.165, 1.54) is 4.90 Å². The molecule has 0 aliphatic carbocycles. The van der Waals surface area contributed by atoms with Crippen LogP contribution in [-0.4, -0.2) is 44.9 Å². The van der Waals surface area contributed by atoms with E-state index in [2.05, 4.69) is 0 Å². The molecule has 3 rings (SSSR count). The Labute approximate surface area is 109 Å². The lowest BCUT2D eigenvalue weighted by molar-refractivity contribution is -0.163.